The van der Waals surface area contributed by atoms with Crippen LogP contribution in [0.15, 0.2) is 60.9 Å². The Hall–Kier alpha value is -3.91. The molecule has 0 saturated carbocycles. The fourth-order valence-electron chi connectivity index (χ4n) is 4.23. The van der Waals surface area contributed by atoms with Gasteiger partial charge in [0.25, 0.3) is 5.91 Å². The van der Waals surface area contributed by atoms with Gasteiger partial charge in [0.1, 0.15) is 5.82 Å². The Balaban J connectivity index is 1.44. The minimum absolute atomic E-state index is 0.465. The number of aryl methyl sites for hydroxylation is 1. The van der Waals surface area contributed by atoms with Crippen LogP contribution in [0.3, 0.4) is 0 Å². The van der Waals surface area contributed by atoms with Crippen LogP contribution in [0, 0.1) is 6.92 Å². The minimum Gasteiger partial charge on any atom is -0.369 e. The fraction of sp³-hybridized carbons (Fsp3) is 0.208. The lowest BCUT2D eigenvalue weighted by atomic mass is 10.1. The van der Waals surface area contributed by atoms with E-state index in [-0.39, 0.29) is 0 Å². The van der Waals surface area contributed by atoms with Crippen LogP contribution in [0.4, 0.5) is 17.3 Å². The molecule has 1 aliphatic heterocycles. The molecule has 1 amide bonds. The summed E-state index contributed by atoms with van der Waals surface area (Å²) in [6.07, 6.45) is 3.43. The van der Waals surface area contributed by atoms with Crippen molar-refractivity contribution in [2.24, 2.45) is 5.73 Å². The number of para-hydroxylation sites is 1. The average Bonchev–Trinajstić information content (AvgIpc) is 3.20. The predicted molar refractivity (Wildman–Crippen MR) is 127 cm³/mol. The van der Waals surface area contributed by atoms with Gasteiger partial charge in [0.05, 0.1) is 11.1 Å². The van der Waals surface area contributed by atoms with Gasteiger partial charge in [0.2, 0.25) is 5.95 Å². The maximum atomic E-state index is 11.9. The number of aromatic nitrogens is 3. The number of anilines is 3. The lowest BCUT2D eigenvalue weighted by molar-refractivity contribution is 0.100. The molecular weight excluding hydrogens is 402 g/mol. The van der Waals surface area contributed by atoms with E-state index >= 15 is 0 Å². The van der Waals surface area contributed by atoms with Crippen LogP contribution in [0.5, 0.6) is 0 Å². The summed E-state index contributed by atoms with van der Waals surface area (Å²) in [5.41, 5.74) is 10.3. The zero-order valence-electron chi connectivity index (χ0n) is 17.9. The molecule has 0 bridgehead atoms. The summed E-state index contributed by atoms with van der Waals surface area (Å²) < 4.78 is 1.86. The fourth-order valence-corrected chi connectivity index (χ4v) is 4.23. The van der Waals surface area contributed by atoms with Crippen LogP contribution in [0.2, 0.25) is 0 Å². The lowest BCUT2D eigenvalue weighted by Gasteiger charge is -2.30. The highest BCUT2D eigenvalue weighted by Crippen LogP contribution is 2.27. The van der Waals surface area contributed by atoms with Gasteiger partial charge in [-0.2, -0.15) is 4.98 Å². The molecule has 1 aliphatic rings. The average molecular weight is 428 g/mol. The first kappa shape index (κ1) is 20.0. The molecule has 0 atom stereocenters. The van der Waals surface area contributed by atoms with E-state index in [0.29, 0.717) is 17.3 Å². The van der Waals surface area contributed by atoms with Crippen LogP contribution in [0.1, 0.15) is 15.9 Å². The van der Waals surface area contributed by atoms with E-state index in [1.165, 1.54) is 11.3 Å². The summed E-state index contributed by atoms with van der Waals surface area (Å²) in [6, 6.07) is 15.8. The van der Waals surface area contributed by atoms with Gasteiger partial charge >= 0.3 is 0 Å². The van der Waals surface area contributed by atoms with E-state index in [1.54, 1.807) is 18.5 Å². The third kappa shape index (κ3) is 3.76. The van der Waals surface area contributed by atoms with Gasteiger partial charge < -0.3 is 25.8 Å². The van der Waals surface area contributed by atoms with Crippen LogP contribution >= 0.6 is 0 Å². The molecule has 0 radical (unpaired) electrons. The largest absolute Gasteiger partial charge is 0.369 e. The minimum atomic E-state index is -0.465. The number of amides is 1. The van der Waals surface area contributed by atoms with Crippen molar-refractivity contribution >= 4 is 34.1 Å². The van der Waals surface area contributed by atoms with Crippen molar-refractivity contribution in [3.8, 4) is 5.82 Å². The number of rotatable bonds is 5. The first-order chi connectivity index (χ1) is 15.6. The van der Waals surface area contributed by atoms with E-state index < -0.39 is 5.91 Å². The Morgan fingerprint density at radius 3 is 2.72 bits per heavy atom. The van der Waals surface area contributed by atoms with Gasteiger partial charge in [-0.1, -0.05) is 18.2 Å². The Kier molecular flexibility index (Phi) is 5.20. The molecule has 4 N–H and O–H groups in total. The molecule has 8 heteroatoms. The molecule has 1 saturated heterocycles. The van der Waals surface area contributed by atoms with Crippen molar-refractivity contribution in [2.75, 3.05) is 36.4 Å². The number of carbonyl (C=O) groups is 1. The number of primary amides is 1. The molecule has 0 spiro atoms. The van der Waals surface area contributed by atoms with E-state index in [0.717, 1.165) is 42.8 Å². The molecule has 3 heterocycles. The smallest absolute Gasteiger partial charge is 0.250 e. The van der Waals surface area contributed by atoms with Crippen molar-refractivity contribution < 1.29 is 4.79 Å². The number of carbonyl (C=O) groups excluding carboxylic acids is 1. The van der Waals surface area contributed by atoms with Crippen LogP contribution < -0.4 is 21.3 Å². The summed E-state index contributed by atoms with van der Waals surface area (Å²) in [5.74, 6) is 0.669. The zero-order valence-corrected chi connectivity index (χ0v) is 17.9. The molecule has 0 aliphatic carbocycles. The molecular formula is C24H25N7O. The summed E-state index contributed by atoms with van der Waals surface area (Å²) in [6.45, 7) is 6.15. The zero-order chi connectivity index (χ0) is 22.1. The van der Waals surface area contributed by atoms with Gasteiger partial charge in [-0.05, 0) is 42.8 Å². The van der Waals surface area contributed by atoms with Gasteiger partial charge in [-0.3, -0.25) is 4.79 Å². The Morgan fingerprint density at radius 2 is 1.94 bits per heavy atom. The molecule has 162 valence electrons. The van der Waals surface area contributed by atoms with E-state index in [9.17, 15) is 4.79 Å². The number of piperazine rings is 1. The number of fused-ring (bicyclic) bond motifs is 1. The number of hydrogen-bond donors (Lipinski definition) is 3. The normalized spacial score (nSPS) is 14.0. The van der Waals surface area contributed by atoms with Gasteiger partial charge in [-0.25, -0.2) is 4.98 Å². The van der Waals surface area contributed by atoms with Gasteiger partial charge in [0, 0.05) is 55.3 Å². The van der Waals surface area contributed by atoms with E-state index in [2.05, 4.69) is 50.6 Å². The predicted octanol–water partition coefficient (Wildman–Crippen LogP) is 2.98. The van der Waals surface area contributed by atoms with Crippen LogP contribution in [-0.4, -0.2) is 46.6 Å². The van der Waals surface area contributed by atoms with Crippen molar-refractivity contribution in [1.29, 1.82) is 0 Å². The number of benzene rings is 2. The second-order valence-corrected chi connectivity index (χ2v) is 7.90. The standard InChI is InChI=1S/C24H25N7O/c1-16-14-17(6-7-20(16)30-12-10-26-11-13-30)28-24-27-9-8-22(29-24)31-15-19(23(25)32)18-4-2-3-5-21(18)31/h2-9,14-15,26H,10-13H2,1H3,(H2,25,32)(H,27,28,29). The second-order valence-electron chi connectivity index (χ2n) is 7.90. The third-order valence-electron chi connectivity index (χ3n) is 5.78. The molecule has 8 nitrogen and oxygen atoms in total. The number of hydrogen-bond acceptors (Lipinski definition) is 6. The second kappa shape index (κ2) is 8.32. The quantitative estimate of drug-likeness (QED) is 0.453. The Bertz CT molecular complexity index is 1290. The SMILES string of the molecule is Cc1cc(Nc2nccc(-n3cc(C(N)=O)c4ccccc43)n2)ccc1N1CCNCC1. The highest BCUT2D eigenvalue weighted by atomic mass is 16.1. The highest BCUT2D eigenvalue weighted by Gasteiger charge is 2.15. The summed E-state index contributed by atoms with van der Waals surface area (Å²) in [4.78, 5) is 23.4. The molecule has 2 aromatic carbocycles. The molecule has 1 fully saturated rings. The first-order valence-electron chi connectivity index (χ1n) is 10.7. The lowest BCUT2D eigenvalue weighted by Crippen LogP contribution is -2.43. The molecule has 2 aromatic heterocycles. The first-order valence-corrected chi connectivity index (χ1v) is 10.7. The molecule has 4 aromatic rings. The molecule has 32 heavy (non-hydrogen) atoms. The van der Waals surface area contributed by atoms with E-state index in [1.807, 2.05) is 28.8 Å². The van der Waals surface area contributed by atoms with Crippen molar-refractivity contribution in [2.45, 2.75) is 6.92 Å². The van der Waals surface area contributed by atoms with Crippen molar-refractivity contribution in [3.63, 3.8) is 0 Å². The van der Waals surface area contributed by atoms with Crippen molar-refractivity contribution in [3.05, 3.63) is 72.1 Å². The highest BCUT2D eigenvalue weighted by molar-refractivity contribution is 6.06. The van der Waals surface area contributed by atoms with Crippen molar-refractivity contribution in [1.82, 2.24) is 19.9 Å². The summed E-state index contributed by atoms with van der Waals surface area (Å²) in [5, 5.41) is 7.49. The number of nitrogens with zero attached hydrogens (tertiary/aromatic N) is 4. The Morgan fingerprint density at radius 1 is 1.12 bits per heavy atom. The number of nitrogens with one attached hydrogen (secondary N) is 2. The molecule has 5 rings (SSSR count). The maximum Gasteiger partial charge on any atom is 0.250 e. The summed E-state index contributed by atoms with van der Waals surface area (Å²) in [7, 11) is 0. The number of nitrogens with two attached hydrogens (primary N) is 1. The van der Waals surface area contributed by atoms with Gasteiger partial charge in [-0.15, -0.1) is 0 Å². The van der Waals surface area contributed by atoms with E-state index in [4.69, 9.17) is 5.73 Å². The Labute approximate surface area is 186 Å². The topological polar surface area (TPSA) is 101 Å². The monoisotopic (exact) mass is 427 g/mol. The molecule has 0 unspecified atom stereocenters. The van der Waals surface area contributed by atoms with Crippen LogP contribution in [0.25, 0.3) is 16.7 Å². The van der Waals surface area contributed by atoms with Gasteiger partial charge in [0.15, 0.2) is 0 Å². The maximum absolute atomic E-state index is 11.9. The summed E-state index contributed by atoms with van der Waals surface area (Å²) >= 11 is 0. The third-order valence-corrected chi connectivity index (χ3v) is 5.78. The van der Waals surface area contributed by atoms with Crippen LogP contribution in [-0.2, 0) is 0 Å².